The lowest BCUT2D eigenvalue weighted by atomic mass is 10.1. The molecular weight excluding hydrogens is 331 g/mol. The summed E-state index contributed by atoms with van der Waals surface area (Å²) in [6.45, 7) is 5.80. The van der Waals surface area contributed by atoms with E-state index in [1.165, 1.54) is 0 Å². The first kappa shape index (κ1) is 17.1. The fourth-order valence-corrected chi connectivity index (χ4v) is 2.85. The quantitative estimate of drug-likeness (QED) is 0.712. The molecule has 0 amide bonds. The number of nitrogens with zero attached hydrogens (tertiary/aromatic N) is 2. The number of nitrogens with two attached hydrogens (primary N) is 1. The van der Waals surface area contributed by atoms with Crippen molar-refractivity contribution in [2.75, 3.05) is 5.73 Å². The molecule has 0 bridgehead atoms. The molecule has 4 nitrogen and oxygen atoms in total. The van der Waals surface area contributed by atoms with Gasteiger partial charge in [-0.25, -0.2) is 18.2 Å². The second-order valence-corrected chi connectivity index (χ2v) is 6.24. The maximum absolute atomic E-state index is 13.9. The minimum atomic E-state index is -1.16. The van der Waals surface area contributed by atoms with Gasteiger partial charge in [-0.2, -0.15) is 0 Å². The van der Waals surface area contributed by atoms with Crippen LogP contribution in [0.2, 0.25) is 0 Å². The van der Waals surface area contributed by atoms with Gasteiger partial charge in [0.05, 0.1) is 11.0 Å². The number of aryl methyl sites for hydroxylation is 1. The van der Waals surface area contributed by atoms with Crippen LogP contribution in [0.1, 0.15) is 26.6 Å². The zero-order chi connectivity index (χ0) is 18.4. The number of nitrogen functional groups attached to an aromatic ring is 1. The summed E-state index contributed by atoms with van der Waals surface area (Å²) in [7, 11) is 0. The van der Waals surface area contributed by atoms with Gasteiger partial charge in [-0.1, -0.05) is 0 Å². The largest absolute Gasteiger partial charge is 0.474 e. The van der Waals surface area contributed by atoms with Gasteiger partial charge >= 0.3 is 0 Å². The van der Waals surface area contributed by atoms with Crippen LogP contribution in [0.15, 0.2) is 30.3 Å². The zero-order valence-electron chi connectivity index (χ0n) is 14.1. The number of fused-ring (bicyclic) bond motifs is 1. The van der Waals surface area contributed by atoms with Gasteiger partial charge in [0.15, 0.2) is 28.8 Å². The van der Waals surface area contributed by atoms with Crippen molar-refractivity contribution < 1.29 is 17.9 Å². The molecule has 0 aliphatic carbocycles. The molecule has 0 atom stereocenters. The van der Waals surface area contributed by atoms with Crippen LogP contribution in [0.5, 0.6) is 5.75 Å². The average molecular weight is 349 g/mol. The van der Waals surface area contributed by atoms with Crippen LogP contribution >= 0.6 is 0 Å². The van der Waals surface area contributed by atoms with Crippen LogP contribution < -0.4 is 10.5 Å². The first-order valence-electron chi connectivity index (χ1n) is 7.82. The smallest absolute Gasteiger partial charge is 0.192 e. The molecule has 2 N–H and O–H groups in total. The maximum Gasteiger partial charge on any atom is 0.192 e. The summed E-state index contributed by atoms with van der Waals surface area (Å²) in [5.41, 5.74) is 6.69. The Morgan fingerprint density at radius 3 is 2.36 bits per heavy atom. The second kappa shape index (κ2) is 5.98. The molecule has 0 saturated carbocycles. The molecule has 0 saturated heterocycles. The van der Waals surface area contributed by atoms with E-state index in [0.717, 1.165) is 5.52 Å². The monoisotopic (exact) mass is 349 g/mol. The molecule has 3 rings (SSSR count). The first-order chi connectivity index (χ1) is 11.7. The summed E-state index contributed by atoms with van der Waals surface area (Å²) in [6.07, 6.45) is 0. The molecule has 0 radical (unpaired) electrons. The van der Waals surface area contributed by atoms with Crippen molar-refractivity contribution in [3.63, 3.8) is 0 Å². The molecule has 7 heteroatoms. The highest BCUT2D eigenvalue weighted by atomic mass is 19.1. The number of hydrogen-bond donors (Lipinski definition) is 1. The lowest BCUT2D eigenvalue weighted by Gasteiger charge is -2.27. The molecule has 2 aromatic carbocycles. The number of imidazole rings is 1. The highest BCUT2D eigenvalue weighted by Gasteiger charge is 2.32. The summed E-state index contributed by atoms with van der Waals surface area (Å²) in [6, 6.07) is 6.48. The van der Waals surface area contributed by atoms with E-state index < -0.39 is 28.8 Å². The number of halogens is 3. The number of rotatable bonds is 4. The van der Waals surface area contributed by atoms with Gasteiger partial charge in [0.2, 0.25) is 0 Å². The molecule has 25 heavy (non-hydrogen) atoms. The van der Waals surface area contributed by atoms with E-state index in [1.807, 2.05) is 17.6 Å². The van der Waals surface area contributed by atoms with Crippen molar-refractivity contribution >= 4 is 16.7 Å². The summed E-state index contributed by atoms with van der Waals surface area (Å²) in [5.74, 6) is -3.36. The van der Waals surface area contributed by atoms with E-state index in [-0.39, 0.29) is 0 Å². The Morgan fingerprint density at radius 2 is 1.76 bits per heavy atom. The van der Waals surface area contributed by atoms with Crippen molar-refractivity contribution in [1.82, 2.24) is 9.55 Å². The second-order valence-electron chi connectivity index (χ2n) is 6.24. The van der Waals surface area contributed by atoms with Crippen LogP contribution in [0.25, 0.3) is 11.0 Å². The Labute approximate surface area is 143 Å². The fraction of sp³-hybridized carbons (Fsp3) is 0.278. The van der Waals surface area contributed by atoms with Crippen molar-refractivity contribution in [2.45, 2.75) is 32.9 Å². The third-order valence-corrected chi connectivity index (χ3v) is 3.95. The lowest BCUT2D eigenvalue weighted by Crippen LogP contribution is -2.30. The highest BCUT2D eigenvalue weighted by molar-refractivity contribution is 5.79. The van der Waals surface area contributed by atoms with Crippen LogP contribution in [0, 0.1) is 17.5 Å². The molecule has 0 unspecified atom stereocenters. The number of anilines is 1. The van der Waals surface area contributed by atoms with Crippen LogP contribution in [-0.4, -0.2) is 9.55 Å². The standard InChI is InChI=1S/C18H18F3N3O/c1-4-24-15-6-5-11(22)9-14(15)23-17(24)18(2,3)25-16-12(20)7-10(19)8-13(16)21/h5-9H,4,22H2,1-3H3. The van der Waals surface area contributed by atoms with Crippen molar-refractivity contribution in [1.29, 1.82) is 0 Å². The Balaban J connectivity index is 2.10. The number of hydrogen-bond acceptors (Lipinski definition) is 3. The summed E-state index contributed by atoms with van der Waals surface area (Å²) < 4.78 is 48.5. The van der Waals surface area contributed by atoms with Gasteiger partial charge in [0, 0.05) is 24.4 Å². The van der Waals surface area contributed by atoms with Crippen molar-refractivity contribution in [3.8, 4) is 5.75 Å². The van der Waals surface area contributed by atoms with Gasteiger partial charge in [0.25, 0.3) is 0 Å². The van der Waals surface area contributed by atoms with E-state index in [4.69, 9.17) is 10.5 Å². The predicted octanol–water partition coefficient (Wildman–Crippen LogP) is 4.37. The Kier molecular flexibility index (Phi) is 4.10. The van der Waals surface area contributed by atoms with E-state index in [9.17, 15) is 13.2 Å². The molecule has 1 heterocycles. The van der Waals surface area contributed by atoms with Gasteiger partial charge < -0.3 is 15.0 Å². The molecular formula is C18H18F3N3O. The van der Waals surface area contributed by atoms with Crippen LogP contribution in [0.3, 0.4) is 0 Å². The summed E-state index contributed by atoms with van der Waals surface area (Å²) in [5, 5.41) is 0. The molecule has 0 aliphatic rings. The molecule has 132 valence electrons. The zero-order valence-corrected chi connectivity index (χ0v) is 14.1. The fourth-order valence-electron chi connectivity index (χ4n) is 2.85. The Morgan fingerprint density at radius 1 is 1.12 bits per heavy atom. The topological polar surface area (TPSA) is 53.1 Å². The summed E-state index contributed by atoms with van der Waals surface area (Å²) in [4.78, 5) is 4.53. The average Bonchev–Trinajstić information content (AvgIpc) is 2.89. The van der Waals surface area contributed by atoms with Gasteiger partial charge in [0.1, 0.15) is 5.82 Å². The molecule has 3 aromatic rings. The van der Waals surface area contributed by atoms with Crippen molar-refractivity contribution in [3.05, 3.63) is 53.6 Å². The SMILES string of the molecule is CCn1c(C(C)(C)Oc2c(F)cc(F)cc2F)nc2cc(N)ccc21. The third kappa shape index (κ3) is 3.01. The maximum atomic E-state index is 13.9. The molecule has 1 aromatic heterocycles. The van der Waals surface area contributed by atoms with Crippen molar-refractivity contribution in [2.24, 2.45) is 0 Å². The molecule has 0 aliphatic heterocycles. The minimum absolute atomic E-state index is 0.485. The van der Waals surface area contributed by atoms with Crippen LogP contribution in [-0.2, 0) is 12.1 Å². The van der Waals surface area contributed by atoms with E-state index in [1.54, 1.807) is 26.0 Å². The molecule has 0 fully saturated rings. The molecule has 0 spiro atoms. The Bertz CT molecular complexity index is 927. The van der Waals surface area contributed by atoms with E-state index in [0.29, 0.717) is 35.7 Å². The number of aromatic nitrogens is 2. The summed E-state index contributed by atoms with van der Waals surface area (Å²) >= 11 is 0. The first-order valence-corrected chi connectivity index (χ1v) is 7.82. The number of benzene rings is 2. The minimum Gasteiger partial charge on any atom is -0.474 e. The number of ether oxygens (including phenoxy) is 1. The van der Waals surface area contributed by atoms with E-state index >= 15 is 0 Å². The predicted molar refractivity (Wildman–Crippen MR) is 89.8 cm³/mol. The Hall–Kier alpha value is -2.70. The highest BCUT2D eigenvalue weighted by Crippen LogP contribution is 2.33. The van der Waals surface area contributed by atoms with Gasteiger partial charge in [-0.15, -0.1) is 0 Å². The van der Waals surface area contributed by atoms with E-state index in [2.05, 4.69) is 4.98 Å². The van der Waals surface area contributed by atoms with Gasteiger partial charge in [-0.05, 0) is 39.0 Å². The normalized spacial score (nSPS) is 11.9. The lowest BCUT2D eigenvalue weighted by molar-refractivity contribution is 0.0833. The van der Waals surface area contributed by atoms with Gasteiger partial charge in [-0.3, -0.25) is 0 Å². The van der Waals surface area contributed by atoms with Crippen LogP contribution in [0.4, 0.5) is 18.9 Å². The third-order valence-electron chi connectivity index (χ3n) is 3.95.